The van der Waals surface area contributed by atoms with Gasteiger partial charge in [0.25, 0.3) is 0 Å². The van der Waals surface area contributed by atoms with Gasteiger partial charge in [-0.2, -0.15) is 0 Å². The van der Waals surface area contributed by atoms with Crippen molar-refractivity contribution in [3.05, 3.63) is 88.4 Å². The van der Waals surface area contributed by atoms with Gasteiger partial charge in [0, 0.05) is 24.6 Å². The lowest BCUT2D eigenvalue weighted by atomic mass is 9.94. The van der Waals surface area contributed by atoms with Gasteiger partial charge in [-0.3, -0.25) is 9.78 Å². The number of aliphatic imine (C=N–C) groups is 1. The Hall–Kier alpha value is -3.39. The topological polar surface area (TPSA) is 83.9 Å². The third-order valence-electron chi connectivity index (χ3n) is 5.10. The summed E-state index contributed by atoms with van der Waals surface area (Å²) in [5.74, 6) is -0.532. The van der Waals surface area contributed by atoms with Crippen molar-refractivity contribution in [2.45, 2.75) is 25.9 Å². The van der Waals surface area contributed by atoms with E-state index in [-0.39, 0.29) is 12.3 Å². The van der Waals surface area contributed by atoms with Gasteiger partial charge in [0.05, 0.1) is 30.8 Å². The molecule has 2 aromatic rings. The summed E-state index contributed by atoms with van der Waals surface area (Å²) >= 11 is 1.45. The Balaban J connectivity index is 1.58. The van der Waals surface area contributed by atoms with Crippen molar-refractivity contribution in [3.63, 3.8) is 0 Å². The van der Waals surface area contributed by atoms with Crippen LogP contribution in [0, 0.1) is 0 Å². The maximum absolute atomic E-state index is 12.7. The minimum absolute atomic E-state index is 0.109. The smallest absolute Gasteiger partial charge is 0.338 e. The fraction of sp³-hybridized carbons (Fsp3) is 0.217. The van der Waals surface area contributed by atoms with Gasteiger partial charge in [-0.05, 0) is 35.6 Å². The number of amides is 1. The first-order valence-electron chi connectivity index (χ1n) is 9.81. The van der Waals surface area contributed by atoms with Crippen molar-refractivity contribution in [2.75, 3.05) is 7.11 Å². The maximum atomic E-state index is 12.7. The van der Waals surface area contributed by atoms with Crippen molar-refractivity contribution in [1.29, 1.82) is 0 Å². The molecule has 0 radical (unpaired) electrons. The van der Waals surface area contributed by atoms with E-state index in [2.05, 4.69) is 15.3 Å². The summed E-state index contributed by atoms with van der Waals surface area (Å²) in [6.45, 7) is 2.24. The molecule has 31 heavy (non-hydrogen) atoms. The molecule has 8 heteroatoms. The van der Waals surface area contributed by atoms with Gasteiger partial charge in [-0.25, -0.2) is 9.79 Å². The Kier molecular flexibility index (Phi) is 6.18. The number of carbonyl (C=O) groups excluding carboxylic acids is 2. The molecule has 0 aliphatic carbocycles. The lowest BCUT2D eigenvalue weighted by Gasteiger charge is -2.36. The van der Waals surface area contributed by atoms with E-state index in [0.29, 0.717) is 17.8 Å². The Bertz CT molecular complexity index is 1080. The Labute approximate surface area is 184 Å². The van der Waals surface area contributed by atoms with Gasteiger partial charge in [-0.15, -0.1) is 0 Å². The molecule has 0 spiro atoms. The number of methoxy groups -OCH3 is 1. The number of esters is 1. The Morgan fingerprint density at radius 1 is 1.16 bits per heavy atom. The van der Waals surface area contributed by atoms with Gasteiger partial charge >= 0.3 is 5.97 Å². The number of rotatable bonds is 6. The van der Waals surface area contributed by atoms with Crippen LogP contribution in [-0.4, -0.2) is 34.0 Å². The summed E-state index contributed by atoms with van der Waals surface area (Å²) in [7, 11) is 1.37. The first kappa shape index (κ1) is 20.9. The number of hydrogen-bond donors (Lipinski definition) is 1. The fourth-order valence-corrected chi connectivity index (χ4v) is 4.58. The molecule has 0 fully saturated rings. The number of aromatic nitrogens is 1. The predicted octanol–water partition coefficient (Wildman–Crippen LogP) is 3.54. The van der Waals surface area contributed by atoms with Crippen LogP contribution in [0.15, 0.2) is 82.2 Å². The summed E-state index contributed by atoms with van der Waals surface area (Å²) in [6.07, 6.45) is 3.57. The maximum Gasteiger partial charge on any atom is 0.338 e. The summed E-state index contributed by atoms with van der Waals surface area (Å²) < 4.78 is 5.06. The lowest BCUT2D eigenvalue weighted by Crippen LogP contribution is -2.37. The van der Waals surface area contributed by atoms with Crippen LogP contribution in [0.5, 0.6) is 0 Å². The SMILES string of the molecule is COC(=O)C1=C(C)N=C2SC=C(CC(=O)NCc3ccncc3)N2C1c1ccccc1. The molecule has 1 unspecified atom stereocenters. The molecular weight excluding hydrogens is 412 g/mol. The van der Waals surface area contributed by atoms with Crippen LogP contribution in [0.25, 0.3) is 0 Å². The molecule has 3 heterocycles. The van der Waals surface area contributed by atoms with Crippen molar-refractivity contribution < 1.29 is 14.3 Å². The molecule has 1 aromatic heterocycles. The van der Waals surface area contributed by atoms with Gasteiger partial charge < -0.3 is 15.0 Å². The number of hydrogen-bond acceptors (Lipinski definition) is 7. The fourth-order valence-electron chi connectivity index (χ4n) is 3.62. The second-order valence-corrected chi connectivity index (χ2v) is 7.94. The molecule has 1 amide bonds. The highest BCUT2D eigenvalue weighted by Crippen LogP contribution is 2.44. The summed E-state index contributed by atoms with van der Waals surface area (Å²) in [6, 6.07) is 13.0. The van der Waals surface area contributed by atoms with Gasteiger partial charge in [-0.1, -0.05) is 42.1 Å². The molecule has 7 nitrogen and oxygen atoms in total. The third-order valence-corrected chi connectivity index (χ3v) is 5.99. The Morgan fingerprint density at radius 2 is 1.90 bits per heavy atom. The number of ether oxygens (including phenoxy) is 1. The summed E-state index contributed by atoms with van der Waals surface area (Å²) in [5, 5.41) is 5.61. The van der Waals surface area contributed by atoms with Crippen LogP contribution >= 0.6 is 11.8 Å². The molecule has 1 N–H and O–H groups in total. The van der Waals surface area contributed by atoms with E-state index < -0.39 is 12.0 Å². The predicted molar refractivity (Wildman–Crippen MR) is 120 cm³/mol. The Morgan fingerprint density at radius 3 is 2.61 bits per heavy atom. The quantitative estimate of drug-likeness (QED) is 0.700. The van der Waals surface area contributed by atoms with Gasteiger partial charge in [0.1, 0.15) is 0 Å². The summed E-state index contributed by atoms with van der Waals surface area (Å²) in [5.41, 5.74) is 3.80. The van der Waals surface area contributed by atoms with Gasteiger partial charge in [0.2, 0.25) is 5.91 Å². The number of amidine groups is 1. The molecule has 1 atom stereocenters. The minimum atomic E-state index is -0.424. The normalized spacial score (nSPS) is 17.6. The van der Waals surface area contributed by atoms with E-state index >= 15 is 0 Å². The van der Waals surface area contributed by atoms with Crippen LogP contribution in [0.4, 0.5) is 0 Å². The molecule has 0 saturated carbocycles. The zero-order valence-corrected chi connectivity index (χ0v) is 18.1. The van der Waals surface area contributed by atoms with Crippen LogP contribution in [0.2, 0.25) is 0 Å². The highest BCUT2D eigenvalue weighted by molar-refractivity contribution is 8.16. The zero-order valence-electron chi connectivity index (χ0n) is 17.2. The average molecular weight is 435 g/mol. The van der Waals surface area contributed by atoms with E-state index in [9.17, 15) is 9.59 Å². The van der Waals surface area contributed by atoms with E-state index in [1.54, 1.807) is 12.4 Å². The van der Waals surface area contributed by atoms with Crippen molar-refractivity contribution in [3.8, 4) is 0 Å². The number of pyridine rings is 1. The molecule has 1 aromatic carbocycles. The first-order valence-corrected chi connectivity index (χ1v) is 10.7. The number of nitrogens with one attached hydrogen (secondary N) is 1. The van der Waals surface area contributed by atoms with Crippen molar-refractivity contribution in [2.24, 2.45) is 4.99 Å². The molecule has 2 aliphatic heterocycles. The first-order chi connectivity index (χ1) is 15.1. The number of benzene rings is 1. The largest absolute Gasteiger partial charge is 0.466 e. The molecule has 0 bridgehead atoms. The number of fused-ring (bicyclic) bond motifs is 1. The van der Waals surface area contributed by atoms with Crippen LogP contribution in [0.3, 0.4) is 0 Å². The second kappa shape index (κ2) is 9.18. The van der Waals surface area contributed by atoms with Crippen molar-refractivity contribution >= 4 is 28.8 Å². The second-order valence-electron chi connectivity index (χ2n) is 7.10. The standard InChI is InChI=1S/C23H22N4O3S/c1-15-20(22(29)30-2)21(17-6-4-3-5-7-17)27-18(14-31-23(27)26-15)12-19(28)25-13-16-8-10-24-11-9-16/h3-11,14,21H,12-13H2,1-2H3,(H,25,28). The average Bonchev–Trinajstić information content (AvgIpc) is 3.19. The number of allylic oxidation sites excluding steroid dienone is 1. The third kappa shape index (κ3) is 4.39. The van der Waals surface area contributed by atoms with Crippen LogP contribution in [-0.2, 0) is 20.9 Å². The molecular formula is C23H22N4O3S. The van der Waals surface area contributed by atoms with Crippen LogP contribution in [0.1, 0.15) is 30.5 Å². The molecule has 158 valence electrons. The summed E-state index contributed by atoms with van der Waals surface area (Å²) in [4.78, 5) is 35.9. The highest BCUT2D eigenvalue weighted by Gasteiger charge is 2.40. The minimum Gasteiger partial charge on any atom is -0.466 e. The highest BCUT2D eigenvalue weighted by atomic mass is 32.2. The molecule has 2 aliphatic rings. The molecule has 0 saturated heterocycles. The number of carbonyl (C=O) groups is 2. The zero-order chi connectivity index (χ0) is 21.8. The van der Waals surface area contributed by atoms with E-state index in [1.165, 1.54) is 18.9 Å². The van der Waals surface area contributed by atoms with Crippen molar-refractivity contribution in [1.82, 2.24) is 15.2 Å². The van der Waals surface area contributed by atoms with E-state index in [4.69, 9.17) is 4.74 Å². The molecule has 4 rings (SSSR count). The van der Waals surface area contributed by atoms with Crippen LogP contribution < -0.4 is 5.32 Å². The lowest BCUT2D eigenvalue weighted by molar-refractivity contribution is -0.136. The van der Waals surface area contributed by atoms with E-state index in [1.807, 2.05) is 59.7 Å². The number of thioether (sulfide) groups is 1. The van der Waals surface area contributed by atoms with Gasteiger partial charge in [0.15, 0.2) is 5.17 Å². The monoisotopic (exact) mass is 434 g/mol. The number of nitrogens with zero attached hydrogens (tertiary/aromatic N) is 3. The van der Waals surface area contributed by atoms with E-state index in [0.717, 1.165) is 22.0 Å².